The van der Waals surface area contributed by atoms with E-state index in [-0.39, 0.29) is 17.7 Å². The quantitative estimate of drug-likeness (QED) is 0.763. The van der Waals surface area contributed by atoms with E-state index in [1.165, 1.54) is 6.92 Å². The Kier molecular flexibility index (Phi) is 5.43. The lowest BCUT2D eigenvalue weighted by Gasteiger charge is -2.22. The summed E-state index contributed by atoms with van der Waals surface area (Å²) in [6, 6.07) is 4.05. The van der Waals surface area contributed by atoms with E-state index >= 15 is 0 Å². The number of amides is 4. The number of anilines is 2. The maximum absolute atomic E-state index is 12.5. The second kappa shape index (κ2) is 7.33. The summed E-state index contributed by atoms with van der Waals surface area (Å²) < 4.78 is 0. The maximum atomic E-state index is 12.5. The van der Waals surface area contributed by atoms with Crippen LogP contribution >= 0.6 is 0 Å². The third-order valence-electron chi connectivity index (χ3n) is 4.42. The molecule has 1 aliphatic heterocycles. The average molecular weight is 332 g/mol. The molecule has 4 amide bonds. The number of carbonyl (C=O) groups excluding carboxylic acids is 3. The van der Waals surface area contributed by atoms with E-state index in [2.05, 4.69) is 10.6 Å². The summed E-state index contributed by atoms with van der Waals surface area (Å²) >= 11 is 0. The molecule has 0 bridgehead atoms. The number of nitrogens with two attached hydrogens (primary N) is 1. The number of carbonyl (C=O) groups is 3. The molecule has 0 saturated heterocycles. The largest absolute Gasteiger partial charge is 0.352 e. The van der Waals surface area contributed by atoms with Crippen LogP contribution in [0.15, 0.2) is 18.2 Å². The van der Waals surface area contributed by atoms with Crippen LogP contribution in [0.25, 0.3) is 0 Å². The molecule has 7 heteroatoms. The Balaban J connectivity index is 2.14. The van der Waals surface area contributed by atoms with Crippen molar-refractivity contribution in [2.45, 2.75) is 39.7 Å². The summed E-state index contributed by atoms with van der Waals surface area (Å²) in [5, 5.41) is 5.32. The topological polar surface area (TPSA) is 105 Å². The molecule has 1 aliphatic rings. The van der Waals surface area contributed by atoms with Gasteiger partial charge in [0.25, 0.3) is 0 Å². The number of nitrogens with one attached hydrogen (secondary N) is 2. The highest BCUT2D eigenvalue weighted by atomic mass is 16.2. The monoisotopic (exact) mass is 332 g/mol. The molecule has 0 radical (unpaired) electrons. The van der Waals surface area contributed by atoms with Gasteiger partial charge in [0.1, 0.15) is 6.04 Å². The van der Waals surface area contributed by atoms with Crippen LogP contribution < -0.4 is 21.3 Å². The molecule has 130 valence electrons. The molecule has 0 aliphatic carbocycles. The van der Waals surface area contributed by atoms with Gasteiger partial charge in [0.05, 0.1) is 0 Å². The summed E-state index contributed by atoms with van der Waals surface area (Å²) in [5.74, 6) is -0.335. The Morgan fingerprint density at radius 2 is 2.04 bits per heavy atom. The Morgan fingerprint density at radius 1 is 1.33 bits per heavy atom. The van der Waals surface area contributed by atoms with Crippen molar-refractivity contribution in [2.24, 2.45) is 11.7 Å². The summed E-state index contributed by atoms with van der Waals surface area (Å²) in [4.78, 5) is 36.9. The van der Waals surface area contributed by atoms with E-state index < -0.39 is 12.1 Å². The van der Waals surface area contributed by atoms with Crippen molar-refractivity contribution in [1.82, 2.24) is 5.32 Å². The second-order valence-corrected chi connectivity index (χ2v) is 6.13. The first-order valence-electron chi connectivity index (χ1n) is 8.11. The summed E-state index contributed by atoms with van der Waals surface area (Å²) in [5.41, 5.74) is 7.71. The lowest BCUT2D eigenvalue weighted by molar-refractivity contribution is -0.119. The lowest BCUT2D eigenvalue weighted by atomic mass is 9.98. The SMILES string of the molecule is CC[C@H](C)[C@@H](NC(N)=O)C(=O)Nc1ccc2c(c1)CCN2C(C)=O. The summed E-state index contributed by atoms with van der Waals surface area (Å²) in [6.07, 6.45) is 1.49. The van der Waals surface area contributed by atoms with Crippen molar-refractivity contribution in [3.05, 3.63) is 23.8 Å². The number of hydrogen-bond acceptors (Lipinski definition) is 3. The van der Waals surface area contributed by atoms with Crippen molar-refractivity contribution in [3.8, 4) is 0 Å². The standard InChI is InChI=1S/C17H24N4O3/c1-4-10(2)15(20-17(18)24)16(23)19-13-5-6-14-12(9-13)7-8-21(14)11(3)22/h5-6,9-10,15H,4,7-8H2,1-3H3,(H,19,23)(H3,18,20,24)/t10-,15+/m0/s1. The molecule has 4 N–H and O–H groups in total. The number of rotatable bonds is 5. The van der Waals surface area contributed by atoms with Crippen molar-refractivity contribution in [2.75, 3.05) is 16.8 Å². The van der Waals surface area contributed by atoms with Gasteiger partial charge < -0.3 is 21.3 Å². The summed E-state index contributed by atoms with van der Waals surface area (Å²) in [6.45, 7) is 6.02. The minimum atomic E-state index is -0.721. The highest BCUT2D eigenvalue weighted by molar-refractivity contribution is 5.98. The van der Waals surface area contributed by atoms with Gasteiger partial charge in [0.2, 0.25) is 11.8 Å². The molecular formula is C17H24N4O3. The third kappa shape index (κ3) is 3.84. The van der Waals surface area contributed by atoms with Crippen LogP contribution in [-0.2, 0) is 16.0 Å². The predicted molar refractivity (Wildman–Crippen MR) is 92.8 cm³/mol. The molecule has 0 unspecified atom stereocenters. The molecule has 7 nitrogen and oxygen atoms in total. The third-order valence-corrected chi connectivity index (χ3v) is 4.42. The first-order valence-corrected chi connectivity index (χ1v) is 8.11. The minimum absolute atomic E-state index is 0.00743. The first kappa shape index (κ1) is 17.8. The molecule has 0 saturated carbocycles. The normalized spacial score (nSPS) is 15.4. The van der Waals surface area contributed by atoms with Crippen LogP contribution in [0.2, 0.25) is 0 Å². The van der Waals surface area contributed by atoms with E-state index in [9.17, 15) is 14.4 Å². The van der Waals surface area contributed by atoms with Gasteiger partial charge >= 0.3 is 6.03 Å². The van der Waals surface area contributed by atoms with E-state index in [1.54, 1.807) is 11.0 Å². The Bertz CT molecular complexity index is 659. The number of benzene rings is 1. The minimum Gasteiger partial charge on any atom is -0.352 e. The molecule has 0 fully saturated rings. The van der Waals surface area contributed by atoms with Crippen LogP contribution in [0, 0.1) is 5.92 Å². The van der Waals surface area contributed by atoms with Crippen LogP contribution in [0.1, 0.15) is 32.8 Å². The Hall–Kier alpha value is -2.57. The van der Waals surface area contributed by atoms with E-state index in [4.69, 9.17) is 5.73 Å². The van der Waals surface area contributed by atoms with Crippen LogP contribution in [-0.4, -0.2) is 30.4 Å². The van der Waals surface area contributed by atoms with Crippen LogP contribution in [0.4, 0.5) is 16.2 Å². The van der Waals surface area contributed by atoms with Crippen LogP contribution in [0.5, 0.6) is 0 Å². The molecule has 24 heavy (non-hydrogen) atoms. The first-order chi connectivity index (χ1) is 11.3. The zero-order valence-corrected chi connectivity index (χ0v) is 14.3. The average Bonchev–Trinajstić information content (AvgIpc) is 2.94. The Morgan fingerprint density at radius 3 is 2.62 bits per heavy atom. The fourth-order valence-corrected chi connectivity index (χ4v) is 2.88. The van der Waals surface area contributed by atoms with Gasteiger partial charge in [0, 0.05) is 24.8 Å². The van der Waals surface area contributed by atoms with Gasteiger partial charge in [-0.25, -0.2) is 4.79 Å². The highest BCUT2D eigenvalue weighted by Gasteiger charge is 2.26. The predicted octanol–water partition coefficient (Wildman–Crippen LogP) is 1.62. The van der Waals surface area contributed by atoms with Gasteiger partial charge in [-0.2, -0.15) is 0 Å². The number of primary amides is 1. The molecule has 1 aromatic rings. The van der Waals surface area contributed by atoms with Crippen molar-refractivity contribution < 1.29 is 14.4 Å². The Labute approximate surface area is 141 Å². The molecule has 1 heterocycles. The number of urea groups is 1. The van der Waals surface area contributed by atoms with E-state index in [1.807, 2.05) is 26.0 Å². The van der Waals surface area contributed by atoms with E-state index in [0.29, 0.717) is 12.2 Å². The van der Waals surface area contributed by atoms with Gasteiger partial charge in [-0.3, -0.25) is 9.59 Å². The van der Waals surface area contributed by atoms with Crippen molar-refractivity contribution >= 4 is 29.2 Å². The smallest absolute Gasteiger partial charge is 0.312 e. The van der Waals surface area contributed by atoms with Crippen molar-refractivity contribution in [1.29, 1.82) is 0 Å². The summed E-state index contributed by atoms with van der Waals surface area (Å²) in [7, 11) is 0. The van der Waals surface area contributed by atoms with Gasteiger partial charge in [-0.15, -0.1) is 0 Å². The second-order valence-electron chi connectivity index (χ2n) is 6.13. The molecular weight excluding hydrogens is 308 g/mol. The van der Waals surface area contributed by atoms with Gasteiger partial charge in [0.15, 0.2) is 0 Å². The molecule has 0 aromatic heterocycles. The molecule has 0 spiro atoms. The molecule has 2 atom stereocenters. The fraction of sp³-hybridized carbons (Fsp3) is 0.471. The molecule has 1 aromatic carbocycles. The number of nitrogens with zero attached hydrogens (tertiary/aromatic N) is 1. The lowest BCUT2D eigenvalue weighted by Crippen LogP contribution is -2.49. The fourth-order valence-electron chi connectivity index (χ4n) is 2.88. The molecule has 2 rings (SSSR count). The highest BCUT2D eigenvalue weighted by Crippen LogP contribution is 2.30. The zero-order valence-electron chi connectivity index (χ0n) is 14.3. The zero-order chi connectivity index (χ0) is 17.9. The van der Waals surface area contributed by atoms with Crippen molar-refractivity contribution in [3.63, 3.8) is 0 Å². The van der Waals surface area contributed by atoms with E-state index in [0.717, 1.165) is 24.1 Å². The van der Waals surface area contributed by atoms with Crippen LogP contribution in [0.3, 0.4) is 0 Å². The number of fused-ring (bicyclic) bond motifs is 1. The number of hydrogen-bond donors (Lipinski definition) is 3. The van der Waals surface area contributed by atoms with Gasteiger partial charge in [-0.05, 0) is 36.1 Å². The van der Waals surface area contributed by atoms with Gasteiger partial charge in [-0.1, -0.05) is 20.3 Å². The maximum Gasteiger partial charge on any atom is 0.312 e.